The number of Topliss-reactive ketones (excluding diaryl/α,β-unsaturated/α-hetero) is 1. The molecule has 0 radical (unpaired) electrons. The Morgan fingerprint density at radius 3 is 2.85 bits per heavy atom. The molecule has 1 saturated heterocycles. The first-order valence-corrected chi connectivity index (χ1v) is 9.86. The summed E-state index contributed by atoms with van der Waals surface area (Å²) in [5.74, 6) is 1.53. The smallest absolute Gasteiger partial charge is 0.164 e. The van der Waals surface area contributed by atoms with E-state index in [1.807, 2.05) is 6.07 Å². The van der Waals surface area contributed by atoms with Crippen LogP contribution in [-0.4, -0.2) is 52.7 Å². The van der Waals surface area contributed by atoms with E-state index in [0.29, 0.717) is 25.0 Å². The van der Waals surface area contributed by atoms with Crippen LogP contribution >= 0.6 is 0 Å². The summed E-state index contributed by atoms with van der Waals surface area (Å²) < 4.78 is 5.57. The number of likely N-dealkylation sites (tertiary alicyclic amines) is 1. The van der Waals surface area contributed by atoms with Crippen molar-refractivity contribution in [2.75, 3.05) is 20.2 Å². The highest BCUT2D eigenvalue weighted by atomic mass is 16.5. The first-order chi connectivity index (χ1) is 12.5. The van der Waals surface area contributed by atoms with Crippen LogP contribution in [0.2, 0.25) is 0 Å². The molecule has 4 aliphatic rings. The zero-order valence-electron chi connectivity index (χ0n) is 15.3. The van der Waals surface area contributed by atoms with Gasteiger partial charge in [-0.2, -0.15) is 0 Å². The van der Waals surface area contributed by atoms with Crippen LogP contribution in [0.5, 0.6) is 11.5 Å². The number of hydrogen-bond acceptors (Lipinski definition) is 5. The van der Waals surface area contributed by atoms with Gasteiger partial charge in [0, 0.05) is 36.4 Å². The molecule has 2 saturated carbocycles. The van der Waals surface area contributed by atoms with Crippen molar-refractivity contribution in [2.45, 2.75) is 62.0 Å². The molecule has 3 fully saturated rings. The van der Waals surface area contributed by atoms with E-state index in [9.17, 15) is 15.0 Å². The monoisotopic (exact) mass is 357 g/mol. The van der Waals surface area contributed by atoms with Crippen LogP contribution in [0.1, 0.15) is 49.7 Å². The third-order valence-electron chi connectivity index (χ3n) is 7.44. The minimum absolute atomic E-state index is 0.0479. The second-order valence-corrected chi connectivity index (χ2v) is 8.78. The molecule has 1 aliphatic heterocycles. The number of methoxy groups -OCH3 is 1. The summed E-state index contributed by atoms with van der Waals surface area (Å²) in [5, 5.41) is 22.4. The van der Waals surface area contributed by atoms with E-state index in [4.69, 9.17) is 4.74 Å². The molecule has 2 bridgehead atoms. The molecule has 26 heavy (non-hydrogen) atoms. The molecule has 1 heterocycles. The summed E-state index contributed by atoms with van der Waals surface area (Å²) in [6.07, 6.45) is 5.39. The number of ether oxygens (including phenoxy) is 1. The average molecular weight is 357 g/mol. The normalized spacial score (nSPS) is 36.4. The van der Waals surface area contributed by atoms with Gasteiger partial charge in [0.25, 0.3) is 0 Å². The van der Waals surface area contributed by atoms with Gasteiger partial charge in [-0.15, -0.1) is 0 Å². The standard InChI is InChI=1S/C21H27NO4/c1-26-19-16(24)5-4-14-10-17-21(25)7-6-15(23)11-20(21,18(14)19)8-9-22(17)12-13-2-3-13/h4-5,13,17,24-25H,2-3,6-12H2,1H3/t17-,20-,21?/m1/s1. The van der Waals surface area contributed by atoms with Gasteiger partial charge in [-0.05, 0) is 56.2 Å². The molecule has 140 valence electrons. The third-order valence-corrected chi connectivity index (χ3v) is 7.44. The average Bonchev–Trinajstić information content (AvgIpc) is 3.42. The number of piperidine rings is 1. The molecular formula is C21H27NO4. The molecule has 5 rings (SSSR count). The van der Waals surface area contributed by atoms with Crippen molar-refractivity contribution in [1.29, 1.82) is 0 Å². The number of aliphatic hydroxyl groups is 1. The molecule has 1 aromatic rings. The fraction of sp³-hybridized carbons (Fsp3) is 0.667. The quantitative estimate of drug-likeness (QED) is 0.868. The number of phenolic OH excluding ortho intramolecular Hbond substituents is 1. The van der Waals surface area contributed by atoms with E-state index < -0.39 is 11.0 Å². The van der Waals surface area contributed by atoms with E-state index in [2.05, 4.69) is 4.90 Å². The fourth-order valence-corrected chi connectivity index (χ4v) is 6.03. The predicted molar refractivity (Wildman–Crippen MR) is 96.6 cm³/mol. The summed E-state index contributed by atoms with van der Waals surface area (Å²) >= 11 is 0. The Morgan fingerprint density at radius 1 is 1.31 bits per heavy atom. The third kappa shape index (κ3) is 2.07. The molecule has 1 unspecified atom stereocenters. The SMILES string of the molecule is COc1c(O)ccc2c1[C@]13CCN(CC4CC4)[C@H](C2)C1(O)CCC(=O)C3. The van der Waals surface area contributed by atoms with Gasteiger partial charge in [-0.1, -0.05) is 6.07 Å². The van der Waals surface area contributed by atoms with Crippen molar-refractivity contribution in [3.63, 3.8) is 0 Å². The fourth-order valence-electron chi connectivity index (χ4n) is 6.03. The summed E-state index contributed by atoms with van der Waals surface area (Å²) in [7, 11) is 1.56. The first-order valence-electron chi connectivity index (χ1n) is 9.86. The maximum absolute atomic E-state index is 12.5. The lowest BCUT2D eigenvalue weighted by Gasteiger charge is -2.63. The molecule has 2 N–H and O–H groups in total. The number of benzene rings is 1. The lowest BCUT2D eigenvalue weighted by molar-refractivity contribution is -0.173. The summed E-state index contributed by atoms with van der Waals surface area (Å²) in [6, 6.07) is 3.69. The van der Waals surface area contributed by atoms with Crippen LogP contribution in [0.15, 0.2) is 12.1 Å². The van der Waals surface area contributed by atoms with Crippen LogP contribution in [0.3, 0.4) is 0 Å². The van der Waals surface area contributed by atoms with Gasteiger partial charge in [0.2, 0.25) is 0 Å². The van der Waals surface area contributed by atoms with Gasteiger partial charge in [-0.25, -0.2) is 0 Å². The Kier molecular flexibility index (Phi) is 3.48. The maximum Gasteiger partial charge on any atom is 0.164 e. The van der Waals surface area contributed by atoms with Crippen molar-refractivity contribution in [1.82, 2.24) is 4.90 Å². The predicted octanol–water partition coefficient (Wildman–Crippen LogP) is 2.16. The second kappa shape index (κ2) is 5.46. The number of carbonyl (C=O) groups is 1. The van der Waals surface area contributed by atoms with Gasteiger partial charge in [0.05, 0.1) is 12.7 Å². The lowest BCUT2D eigenvalue weighted by Crippen LogP contribution is -2.73. The number of nitrogens with zero attached hydrogens (tertiary/aromatic N) is 1. The van der Waals surface area contributed by atoms with E-state index in [0.717, 1.165) is 43.0 Å². The highest BCUT2D eigenvalue weighted by molar-refractivity contribution is 5.83. The topological polar surface area (TPSA) is 70.0 Å². The minimum atomic E-state index is -0.928. The van der Waals surface area contributed by atoms with Gasteiger partial charge < -0.3 is 14.9 Å². The zero-order chi connectivity index (χ0) is 18.1. The van der Waals surface area contributed by atoms with Crippen molar-refractivity contribution in [3.05, 3.63) is 23.3 Å². The van der Waals surface area contributed by atoms with Gasteiger partial charge in [-0.3, -0.25) is 9.69 Å². The van der Waals surface area contributed by atoms with Crippen LogP contribution in [-0.2, 0) is 16.6 Å². The summed E-state index contributed by atoms with van der Waals surface area (Å²) in [5.41, 5.74) is 0.440. The Balaban J connectivity index is 1.70. The molecule has 3 aliphatic carbocycles. The molecule has 5 nitrogen and oxygen atoms in total. The Hall–Kier alpha value is -1.59. The lowest BCUT2D eigenvalue weighted by atomic mass is 9.49. The Bertz CT molecular complexity index is 774. The van der Waals surface area contributed by atoms with Crippen molar-refractivity contribution >= 4 is 5.78 Å². The molecule has 1 aromatic carbocycles. The van der Waals surface area contributed by atoms with Crippen molar-refractivity contribution in [3.8, 4) is 11.5 Å². The van der Waals surface area contributed by atoms with Crippen LogP contribution in [0.25, 0.3) is 0 Å². The first kappa shape index (κ1) is 16.6. The van der Waals surface area contributed by atoms with Gasteiger partial charge in [0.15, 0.2) is 11.5 Å². The number of ketones is 1. The number of hydrogen-bond donors (Lipinski definition) is 2. The molecule has 0 amide bonds. The molecule has 5 heteroatoms. The summed E-state index contributed by atoms with van der Waals surface area (Å²) in [6.45, 7) is 1.95. The van der Waals surface area contributed by atoms with Crippen LogP contribution < -0.4 is 4.74 Å². The molecule has 3 atom stereocenters. The largest absolute Gasteiger partial charge is 0.504 e. The Labute approximate surface area is 154 Å². The van der Waals surface area contributed by atoms with E-state index in [-0.39, 0.29) is 17.6 Å². The van der Waals surface area contributed by atoms with Crippen LogP contribution in [0, 0.1) is 5.92 Å². The number of rotatable bonds is 3. The highest BCUT2D eigenvalue weighted by Gasteiger charge is 2.65. The Morgan fingerprint density at radius 2 is 2.12 bits per heavy atom. The van der Waals surface area contributed by atoms with Crippen molar-refractivity contribution in [2.24, 2.45) is 5.92 Å². The highest BCUT2D eigenvalue weighted by Crippen LogP contribution is 2.60. The number of phenols is 1. The number of aromatic hydroxyl groups is 1. The van der Waals surface area contributed by atoms with Crippen molar-refractivity contribution < 1.29 is 19.7 Å². The summed E-state index contributed by atoms with van der Waals surface area (Å²) in [4.78, 5) is 15.0. The molecular weight excluding hydrogens is 330 g/mol. The second-order valence-electron chi connectivity index (χ2n) is 8.78. The van der Waals surface area contributed by atoms with Gasteiger partial charge in [0.1, 0.15) is 5.78 Å². The van der Waals surface area contributed by atoms with E-state index in [1.165, 1.54) is 12.8 Å². The minimum Gasteiger partial charge on any atom is -0.504 e. The maximum atomic E-state index is 12.5. The van der Waals surface area contributed by atoms with Gasteiger partial charge >= 0.3 is 0 Å². The molecule has 0 aromatic heterocycles. The molecule has 0 spiro atoms. The zero-order valence-corrected chi connectivity index (χ0v) is 15.3. The van der Waals surface area contributed by atoms with E-state index in [1.54, 1.807) is 13.2 Å². The number of fused-ring (bicyclic) bond motifs is 1. The number of carbonyl (C=O) groups excluding carboxylic acids is 1. The van der Waals surface area contributed by atoms with E-state index >= 15 is 0 Å². The van der Waals surface area contributed by atoms with Crippen LogP contribution in [0.4, 0.5) is 0 Å².